The molecule has 0 fully saturated rings. The molecule has 38 heavy (non-hydrogen) atoms. The molecular weight excluding hydrogens is 519 g/mol. The van der Waals surface area contributed by atoms with E-state index in [0.717, 1.165) is 6.07 Å². The molecule has 0 bridgehead atoms. The number of nitrogens with one attached hydrogen (secondary N) is 1. The first kappa shape index (κ1) is 25.4. The van der Waals surface area contributed by atoms with E-state index in [9.17, 15) is 21.6 Å². The predicted molar refractivity (Wildman–Crippen MR) is 135 cm³/mol. The molecule has 0 aliphatic heterocycles. The molecule has 1 N–H and O–H groups in total. The van der Waals surface area contributed by atoms with Gasteiger partial charge in [-0.25, -0.2) is 22.4 Å². The minimum Gasteiger partial charge on any atom is -0.378 e. The van der Waals surface area contributed by atoms with Crippen molar-refractivity contribution in [3.63, 3.8) is 0 Å². The number of fused-ring (bicyclic) bond motifs is 1. The first-order valence-electron chi connectivity index (χ1n) is 11.2. The van der Waals surface area contributed by atoms with Gasteiger partial charge >= 0.3 is 6.18 Å². The summed E-state index contributed by atoms with van der Waals surface area (Å²) in [5.74, 6) is 0.405. The Balaban J connectivity index is 1.43. The number of ether oxygens (including phenoxy) is 1. The van der Waals surface area contributed by atoms with Crippen LogP contribution in [0.3, 0.4) is 0 Å². The fraction of sp³-hybridized carbons (Fsp3) is 0.115. The summed E-state index contributed by atoms with van der Waals surface area (Å²) in [7, 11) is -2.33. The van der Waals surface area contributed by atoms with Crippen LogP contribution in [0.4, 0.5) is 24.7 Å². The van der Waals surface area contributed by atoms with E-state index in [1.807, 2.05) is 0 Å². The number of alkyl halides is 3. The van der Waals surface area contributed by atoms with Crippen molar-refractivity contribution in [2.24, 2.45) is 0 Å². The van der Waals surface area contributed by atoms with Crippen LogP contribution in [0.25, 0.3) is 22.2 Å². The van der Waals surface area contributed by atoms with Crippen LogP contribution in [0.5, 0.6) is 0 Å². The quantitative estimate of drug-likeness (QED) is 0.286. The van der Waals surface area contributed by atoms with Gasteiger partial charge in [-0.3, -0.25) is 4.98 Å². The van der Waals surface area contributed by atoms with E-state index in [4.69, 9.17) is 4.74 Å². The average Bonchev–Trinajstić information content (AvgIpc) is 3.38. The van der Waals surface area contributed by atoms with Gasteiger partial charge in [0.1, 0.15) is 12.1 Å². The zero-order valence-corrected chi connectivity index (χ0v) is 20.7. The molecule has 8 nitrogen and oxygen atoms in total. The maximum Gasteiger partial charge on any atom is 0.418 e. The number of benzene rings is 2. The van der Waals surface area contributed by atoms with Gasteiger partial charge in [-0.15, -0.1) is 0 Å². The Morgan fingerprint density at radius 3 is 2.50 bits per heavy atom. The van der Waals surface area contributed by atoms with Crippen LogP contribution in [0.2, 0.25) is 0 Å². The SMILES string of the molecule is COCc1cccn1S(=O)(=O)c1ccc(Nc2ncnc3cc(-c4ncccc4C(F)(F)F)ccc23)cc1. The van der Waals surface area contributed by atoms with Crippen molar-refractivity contribution in [2.75, 3.05) is 12.4 Å². The number of methoxy groups -OCH3 is 1. The third-order valence-corrected chi connectivity index (χ3v) is 7.52. The minimum atomic E-state index is -4.55. The number of aromatic nitrogens is 4. The fourth-order valence-corrected chi connectivity index (χ4v) is 5.38. The van der Waals surface area contributed by atoms with Gasteiger partial charge in [0.25, 0.3) is 10.0 Å². The molecule has 0 amide bonds. The van der Waals surface area contributed by atoms with Crippen LogP contribution in [-0.2, 0) is 27.5 Å². The van der Waals surface area contributed by atoms with Gasteiger partial charge in [-0.2, -0.15) is 13.2 Å². The molecule has 0 saturated carbocycles. The van der Waals surface area contributed by atoms with Crippen molar-refractivity contribution >= 4 is 32.4 Å². The number of hydrogen-bond acceptors (Lipinski definition) is 7. The second-order valence-electron chi connectivity index (χ2n) is 8.23. The first-order chi connectivity index (χ1) is 18.2. The van der Waals surface area contributed by atoms with Crippen molar-refractivity contribution in [2.45, 2.75) is 17.7 Å². The fourth-order valence-electron chi connectivity index (χ4n) is 4.02. The summed E-state index contributed by atoms with van der Waals surface area (Å²) >= 11 is 0. The van der Waals surface area contributed by atoms with E-state index in [1.54, 1.807) is 30.3 Å². The predicted octanol–water partition coefficient (Wildman–Crippen LogP) is 5.64. The molecule has 0 atom stereocenters. The number of hydrogen-bond donors (Lipinski definition) is 1. The van der Waals surface area contributed by atoms with Gasteiger partial charge < -0.3 is 10.1 Å². The minimum absolute atomic E-state index is 0.0876. The summed E-state index contributed by atoms with van der Waals surface area (Å²) in [5.41, 5.74) is 0.703. The molecule has 5 aromatic rings. The van der Waals surface area contributed by atoms with Crippen molar-refractivity contribution in [1.82, 2.24) is 18.9 Å². The maximum absolute atomic E-state index is 13.5. The van der Waals surface area contributed by atoms with E-state index < -0.39 is 21.8 Å². The highest BCUT2D eigenvalue weighted by Gasteiger charge is 2.34. The Labute approximate surface area is 215 Å². The lowest BCUT2D eigenvalue weighted by molar-refractivity contribution is -0.137. The summed E-state index contributed by atoms with van der Waals surface area (Å²) in [6.45, 7) is 0.145. The second kappa shape index (κ2) is 9.88. The molecule has 0 aliphatic carbocycles. The number of rotatable bonds is 7. The maximum atomic E-state index is 13.5. The van der Waals surface area contributed by atoms with Crippen molar-refractivity contribution in [3.05, 3.63) is 96.7 Å². The normalized spacial score (nSPS) is 12.1. The van der Waals surface area contributed by atoms with Crippen LogP contribution < -0.4 is 5.32 Å². The molecule has 194 valence electrons. The molecule has 0 saturated heterocycles. The lowest BCUT2D eigenvalue weighted by atomic mass is 10.0. The molecule has 3 heterocycles. The van der Waals surface area contributed by atoms with Gasteiger partial charge in [-0.1, -0.05) is 6.07 Å². The standard InChI is InChI=1S/C26H20F3N5O3S/c1-37-15-19-4-3-13-34(19)38(35,36)20-9-7-18(8-10-20)33-25-21-11-6-17(14-23(21)31-16-32-25)24-22(26(27,28)29)5-2-12-30-24/h2-14,16H,15H2,1H3,(H,31,32,33). The van der Waals surface area contributed by atoms with Crippen molar-refractivity contribution in [3.8, 4) is 11.3 Å². The van der Waals surface area contributed by atoms with E-state index in [-0.39, 0.29) is 22.8 Å². The summed E-state index contributed by atoms with van der Waals surface area (Å²) in [6, 6.07) is 16.3. The second-order valence-corrected chi connectivity index (χ2v) is 10.0. The number of halogens is 3. The number of nitrogens with zero attached hydrogens (tertiary/aromatic N) is 4. The van der Waals surface area contributed by atoms with Crippen LogP contribution in [-0.4, -0.2) is 34.5 Å². The lowest BCUT2D eigenvalue weighted by Gasteiger charge is -2.13. The van der Waals surface area contributed by atoms with Gasteiger partial charge in [0, 0.05) is 36.1 Å². The topological polar surface area (TPSA) is 99.0 Å². The Kier molecular flexibility index (Phi) is 6.59. The van der Waals surface area contributed by atoms with Crippen LogP contribution >= 0.6 is 0 Å². The van der Waals surface area contributed by atoms with E-state index in [2.05, 4.69) is 20.3 Å². The van der Waals surface area contributed by atoms with Crippen LogP contribution in [0, 0.1) is 0 Å². The van der Waals surface area contributed by atoms with E-state index in [0.29, 0.717) is 28.1 Å². The molecule has 0 aliphatic rings. The highest BCUT2D eigenvalue weighted by Crippen LogP contribution is 2.37. The summed E-state index contributed by atoms with van der Waals surface area (Å²) < 4.78 is 72.8. The number of anilines is 2. The molecule has 0 unspecified atom stereocenters. The largest absolute Gasteiger partial charge is 0.418 e. The van der Waals surface area contributed by atoms with Gasteiger partial charge in [0.15, 0.2) is 0 Å². The van der Waals surface area contributed by atoms with Gasteiger partial charge in [0.2, 0.25) is 0 Å². The molecule has 0 radical (unpaired) electrons. The Hall–Kier alpha value is -4.29. The Morgan fingerprint density at radius 2 is 1.76 bits per heavy atom. The smallest absolute Gasteiger partial charge is 0.378 e. The average molecular weight is 540 g/mol. The summed E-state index contributed by atoms with van der Waals surface area (Å²) in [5, 5.41) is 3.68. The number of pyridine rings is 1. The molecule has 3 aromatic heterocycles. The Bertz CT molecular complexity index is 1720. The van der Waals surface area contributed by atoms with Crippen molar-refractivity contribution < 1.29 is 26.3 Å². The Morgan fingerprint density at radius 1 is 0.974 bits per heavy atom. The lowest BCUT2D eigenvalue weighted by Crippen LogP contribution is -2.15. The molecular formula is C26H20F3N5O3S. The van der Waals surface area contributed by atoms with Crippen LogP contribution in [0.15, 0.2) is 90.3 Å². The first-order valence-corrected chi connectivity index (χ1v) is 12.7. The third kappa shape index (κ3) is 4.83. The third-order valence-electron chi connectivity index (χ3n) is 5.78. The van der Waals surface area contributed by atoms with E-state index in [1.165, 1.54) is 60.1 Å². The van der Waals surface area contributed by atoms with E-state index >= 15 is 0 Å². The van der Waals surface area contributed by atoms with Crippen LogP contribution in [0.1, 0.15) is 11.3 Å². The molecule has 5 rings (SSSR count). The zero-order valence-electron chi connectivity index (χ0n) is 19.8. The van der Waals surface area contributed by atoms with Crippen molar-refractivity contribution in [1.29, 1.82) is 0 Å². The summed E-state index contributed by atoms with van der Waals surface area (Å²) in [4.78, 5) is 12.5. The molecule has 2 aromatic carbocycles. The monoisotopic (exact) mass is 539 g/mol. The highest BCUT2D eigenvalue weighted by molar-refractivity contribution is 7.90. The zero-order chi connectivity index (χ0) is 26.9. The summed E-state index contributed by atoms with van der Waals surface area (Å²) in [6.07, 6.45) is -0.497. The van der Waals surface area contributed by atoms with Gasteiger partial charge in [0.05, 0.1) is 34.0 Å². The molecule has 0 spiro atoms. The molecule has 12 heteroatoms. The highest BCUT2D eigenvalue weighted by atomic mass is 32.2. The van der Waals surface area contributed by atoms with Gasteiger partial charge in [-0.05, 0) is 60.7 Å².